The van der Waals surface area contributed by atoms with Gasteiger partial charge in [-0.05, 0) is 6.08 Å². The van der Waals surface area contributed by atoms with Gasteiger partial charge in [-0.25, -0.2) is 0 Å². The van der Waals surface area contributed by atoms with Crippen molar-refractivity contribution < 1.29 is 23.9 Å². The summed E-state index contributed by atoms with van der Waals surface area (Å²) in [6.07, 6.45) is 1.32. The molecule has 27 heavy (non-hydrogen) atoms. The normalized spacial score (nSPS) is 10.7. The molecule has 0 saturated carbocycles. The molecule has 2 aromatic carbocycles. The molecule has 0 fully saturated rings. The van der Waals surface area contributed by atoms with Crippen LogP contribution in [0.25, 0.3) is 6.08 Å². The van der Waals surface area contributed by atoms with E-state index in [9.17, 15) is 20.2 Å². The summed E-state index contributed by atoms with van der Waals surface area (Å²) < 4.78 is 15.8. The van der Waals surface area contributed by atoms with Gasteiger partial charge in [0, 0.05) is 29.8 Å². The molecule has 8 nitrogen and oxygen atoms in total. The number of ether oxygens (including phenoxy) is 3. The first-order chi connectivity index (χ1) is 12.9. The molecular formula is C19H16N2O6. The second-order valence-corrected chi connectivity index (χ2v) is 5.25. The highest BCUT2D eigenvalue weighted by Crippen LogP contribution is 2.36. The van der Waals surface area contributed by atoms with Crippen LogP contribution in [0.3, 0.4) is 0 Å². The average molecular weight is 368 g/mol. The van der Waals surface area contributed by atoms with Gasteiger partial charge in [0.15, 0.2) is 0 Å². The van der Waals surface area contributed by atoms with Crippen LogP contribution in [0.5, 0.6) is 17.2 Å². The van der Waals surface area contributed by atoms with Gasteiger partial charge < -0.3 is 14.2 Å². The number of ketones is 1. The molecule has 0 N–H and O–H groups in total. The van der Waals surface area contributed by atoms with Gasteiger partial charge in [-0.3, -0.25) is 14.9 Å². The van der Waals surface area contributed by atoms with Crippen molar-refractivity contribution in [1.29, 1.82) is 5.26 Å². The molecule has 0 aliphatic rings. The number of nitrogens with zero attached hydrogens (tertiary/aromatic N) is 2. The van der Waals surface area contributed by atoms with E-state index in [0.29, 0.717) is 22.8 Å². The zero-order chi connectivity index (χ0) is 20.0. The van der Waals surface area contributed by atoms with Crippen LogP contribution in [0.15, 0.2) is 42.0 Å². The van der Waals surface area contributed by atoms with Gasteiger partial charge in [0.2, 0.25) is 5.78 Å². The molecule has 0 radical (unpaired) electrons. The molecule has 0 spiro atoms. The van der Waals surface area contributed by atoms with Gasteiger partial charge in [0.25, 0.3) is 5.69 Å². The summed E-state index contributed by atoms with van der Waals surface area (Å²) in [6, 6.07) is 10.2. The van der Waals surface area contributed by atoms with Crippen LogP contribution < -0.4 is 14.2 Å². The van der Waals surface area contributed by atoms with Gasteiger partial charge in [-0.15, -0.1) is 0 Å². The molecule has 0 aliphatic carbocycles. The summed E-state index contributed by atoms with van der Waals surface area (Å²) in [4.78, 5) is 23.0. The van der Waals surface area contributed by atoms with E-state index in [-0.39, 0.29) is 16.8 Å². The minimum atomic E-state index is -0.652. The Balaban J connectivity index is 2.56. The van der Waals surface area contributed by atoms with Crippen molar-refractivity contribution >= 4 is 17.5 Å². The lowest BCUT2D eigenvalue weighted by atomic mass is 10.0. The quantitative estimate of drug-likeness (QED) is 0.242. The summed E-state index contributed by atoms with van der Waals surface area (Å²) in [5.41, 5.74) is -0.0606. The molecule has 0 saturated heterocycles. The number of allylic oxidation sites excluding steroid dienone is 1. The molecule has 0 bridgehead atoms. The summed E-state index contributed by atoms with van der Waals surface area (Å²) in [7, 11) is 4.34. The number of benzene rings is 2. The number of methoxy groups -OCH3 is 3. The predicted molar refractivity (Wildman–Crippen MR) is 97.1 cm³/mol. The van der Waals surface area contributed by atoms with Crippen molar-refractivity contribution in [3.63, 3.8) is 0 Å². The van der Waals surface area contributed by atoms with Crippen molar-refractivity contribution in [2.75, 3.05) is 21.3 Å². The van der Waals surface area contributed by atoms with E-state index in [1.165, 1.54) is 45.6 Å². The van der Waals surface area contributed by atoms with Crippen LogP contribution in [-0.2, 0) is 0 Å². The lowest BCUT2D eigenvalue weighted by Gasteiger charge is -2.13. The number of nitriles is 1. The largest absolute Gasteiger partial charge is 0.496 e. The fourth-order valence-electron chi connectivity index (χ4n) is 2.38. The maximum atomic E-state index is 12.7. The summed E-state index contributed by atoms with van der Waals surface area (Å²) in [6.45, 7) is 0. The molecule has 2 rings (SSSR count). The van der Waals surface area contributed by atoms with Crippen molar-refractivity contribution in [3.8, 4) is 23.3 Å². The molecule has 138 valence electrons. The Morgan fingerprint density at radius 1 is 1.11 bits per heavy atom. The zero-order valence-corrected chi connectivity index (χ0v) is 14.9. The molecule has 0 atom stereocenters. The number of hydrogen-bond donors (Lipinski definition) is 0. The van der Waals surface area contributed by atoms with Crippen molar-refractivity contribution in [2.45, 2.75) is 0 Å². The van der Waals surface area contributed by atoms with Gasteiger partial charge in [0.05, 0.1) is 31.8 Å². The maximum Gasteiger partial charge on any atom is 0.270 e. The summed E-state index contributed by atoms with van der Waals surface area (Å²) in [5.74, 6) is 0.502. The highest BCUT2D eigenvalue weighted by Gasteiger charge is 2.18. The summed E-state index contributed by atoms with van der Waals surface area (Å²) >= 11 is 0. The van der Waals surface area contributed by atoms with E-state index in [1.54, 1.807) is 12.1 Å². The monoisotopic (exact) mass is 368 g/mol. The molecule has 0 amide bonds. The minimum Gasteiger partial charge on any atom is -0.496 e. The zero-order valence-electron chi connectivity index (χ0n) is 14.9. The molecule has 2 aromatic rings. The third-order valence-electron chi connectivity index (χ3n) is 3.73. The number of carbonyl (C=O) groups is 1. The number of non-ortho nitro benzene ring substituents is 1. The van der Waals surface area contributed by atoms with Gasteiger partial charge in [-0.2, -0.15) is 5.26 Å². The Bertz CT molecular complexity index is 934. The van der Waals surface area contributed by atoms with Crippen LogP contribution in [0, 0.1) is 21.4 Å². The SMILES string of the molecule is COc1cc(OC)c(/C=C(\C#N)C(=O)c2cccc([N+](=O)[O-])c2)c(OC)c1. The first-order valence-corrected chi connectivity index (χ1v) is 7.66. The van der Waals surface area contributed by atoms with Crippen LogP contribution >= 0.6 is 0 Å². The van der Waals surface area contributed by atoms with Gasteiger partial charge in [-0.1, -0.05) is 12.1 Å². The standard InChI is InChI=1S/C19H16N2O6/c1-25-15-9-17(26-2)16(18(10-15)27-3)8-13(11-20)19(22)12-5-4-6-14(7-12)21(23)24/h4-10H,1-3H3/b13-8+. The molecule has 8 heteroatoms. The van der Waals surface area contributed by atoms with Gasteiger partial charge >= 0.3 is 0 Å². The Kier molecular flexibility index (Phi) is 6.12. The number of nitro benzene ring substituents is 1. The highest BCUT2D eigenvalue weighted by molar-refractivity contribution is 6.14. The third kappa shape index (κ3) is 4.22. The first kappa shape index (κ1) is 19.5. The van der Waals surface area contributed by atoms with Crippen LogP contribution in [0.1, 0.15) is 15.9 Å². The smallest absolute Gasteiger partial charge is 0.270 e. The number of Topliss-reactive ketones (excluding diaryl/α,β-unsaturated/α-hetero) is 1. The average Bonchev–Trinajstić information content (AvgIpc) is 2.70. The van der Waals surface area contributed by atoms with Crippen LogP contribution in [0.4, 0.5) is 5.69 Å². The van der Waals surface area contributed by atoms with Crippen LogP contribution in [-0.4, -0.2) is 32.0 Å². The molecular weight excluding hydrogens is 352 g/mol. The Labute approximate surface area is 155 Å². The Morgan fingerprint density at radius 3 is 2.22 bits per heavy atom. The molecule has 0 heterocycles. The van der Waals surface area contributed by atoms with E-state index in [4.69, 9.17) is 14.2 Å². The molecule has 0 unspecified atom stereocenters. The van der Waals surface area contributed by atoms with Gasteiger partial charge in [0.1, 0.15) is 28.9 Å². The lowest BCUT2D eigenvalue weighted by Crippen LogP contribution is -2.03. The maximum absolute atomic E-state index is 12.7. The third-order valence-corrected chi connectivity index (χ3v) is 3.73. The second kappa shape index (κ2) is 8.49. The topological polar surface area (TPSA) is 112 Å². The first-order valence-electron chi connectivity index (χ1n) is 7.66. The number of rotatable bonds is 7. The summed E-state index contributed by atoms with van der Waals surface area (Å²) in [5, 5.41) is 20.3. The van der Waals surface area contributed by atoms with Crippen molar-refractivity contribution in [3.05, 3.63) is 63.2 Å². The van der Waals surface area contributed by atoms with Crippen molar-refractivity contribution in [1.82, 2.24) is 0 Å². The Hall–Kier alpha value is -3.86. The van der Waals surface area contributed by atoms with E-state index < -0.39 is 10.7 Å². The second-order valence-electron chi connectivity index (χ2n) is 5.25. The minimum absolute atomic E-state index is 0.0310. The van der Waals surface area contributed by atoms with E-state index in [0.717, 1.165) is 6.07 Å². The van der Waals surface area contributed by atoms with E-state index >= 15 is 0 Å². The molecule has 0 aromatic heterocycles. The lowest BCUT2D eigenvalue weighted by molar-refractivity contribution is -0.384. The number of nitro groups is 1. The highest BCUT2D eigenvalue weighted by atomic mass is 16.6. The Morgan fingerprint density at radius 2 is 1.74 bits per heavy atom. The predicted octanol–water partition coefficient (Wildman–Crippen LogP) is 3.41. The molecule has 0 aliphatic heterocycles. The number of carbonyl (C=O) groups excluding carboxylic acids is 1. The van der Waals surface area contributed by atoms with E-state index in [1.807, 2.05) is 6.07 Å². The number of hydrogen-bond acceptors (Lipinski definition) is 7. The van der Waals surface area contributed by atoms with Crippen molar-refractivity contribution in [2.24, 2.45) is 0 Å². The fraction of sp³-hybridized carbons (Fsp3) is 0.158. The fourth-order valence-corrected chi connectivity index (χ4v) is 2.38. The van der Waals surface area contributed by atoms with Crippen LogP contribution in [0.2, 0.25) is 0 Å². The van der Waals surface area contributed by atoms with E-state index in [2.05, 4.69) is 0 Å².